The van der Waals surface area contributed by atoms with Crippen LogP contribution in [-0.2, 0) is 0 Å². The van der Waals surface area contributed by atoms with Crippen molar-refractivity contribution < 1.29 is 0 Å². The molecule has 6 aromatic carbocycles. The lowest BCUT2D eigenvalue weighted by Gasteiger charge is -2.12. The molecule has 0 saturated carbocycles. The predicted octanol–water partition coefficient (Wildman–Crippen LogP) is 9.91. The minimum absolute atomic E-state index is 0.630. The summed E-state index contributed by atoms with van der Waals surface area (Å²) in [5.41, 5.74) is 7.87. The molecule has 0 spiro atoms. The van der Waals surface area contributed by atoms with Crippen molar-refractivity contribution in [3.05, 3.63) is 157 Å². The van der Waals surface area contributed by atoms with Gasteiger partial charge in [-0.05, 0) is 45.2 Å². The van der Waals surface area contributed by atoms with Crippen molar-refractivity contribution in [1.82, 2.24) is 15.0 Å². The molecule has 0 N–H and O–H groups in total. The molecule has 0 unspecified atom stereocenters. The third kappa shape index (κ3) is 4.92. The zero-order valence-corrected chi connectivity index (χ0v) is 22.6. The van der Waals surface area contributed by atoms with Crippen LogP contribution in [0.25, 0.3) is 72.0 Å². The van der Waals surface area contributed by atoms with Crippen molar-refractivity contribution in [2.24, 2.45) is 0 Å². The summed E-state index contributed by atoms with van der Waals surface area (Å²) < 4.78 is 0. The molecule has 1 heterocycles. The number of benzene rings is 6. The minimum atomic E-state index is 0.630. The van der Waals surface area contributed by atoms with Gasteiger partial charge in [0.15, 0.2) is 23.2 Å². The van der Waals surface area contributed by atoms with E-state index in [-0.39, 0.29) is 0 Å². The molecule has 0 radical (unpaired) electrons. The van der Waals surface area contributed by atoms with Gasteiger partial charge in [-0.25, -0.2) is 19.8 Å². The van der Waals surface area contributed by atoms with E-state index >= 15 is 0 Å². The van der Waals surface area contributed by atoms with Gasteiger partial charge in [0.2, 0.25) is 0 Å². The van der Waals surface area contributed by atoms with Gasteiger partial charge in [-0.2, -0.15) is 0 Å². The minimum Gasteiger partial charge on any atom is -0.238 e. The first-order valence-corrected chi connectivity index (χ1v) is 13.7. The fourth-order valence-electron chi connectivity index (χ4n) is 5.20. The maximum Gasteiger partial charge on any atom is 0.187 e. The third-order valence-corrected chi connectivity index (χ3v) is 7.34. The Morgan fingerprint density at radius 2 is 0.952 bits per heavy atom. The predicted molar refractivity (Wildman–Crippen MR) is 171 cm³/mol. The Bertz CT molecular complexity index is 2020. The molecule has 0 fully saturated rings. The highest BCUT2D eigenvalue weighted by atomic mass is 15.0. The van der Waals surface area contributed by atoms with E-state index in [4.69, 9.17) is 21.5 Å². The van der Waals surface area contributed by atoms with E-state index in [1.165, 1.54) is 0 Å². The Morgan fingerprint density at radius 3 is 1.60 bits per heavy atom. The number of nitrogens with zero attached hydrogens (tertiary/aromatic N) is 4. The van der Waals surface area contributed by atoms with Crippen LogP contribution in [-0.4, -0.2) is 15.0 Å². The maximum absolute atomic E-state index is 7.25. The lowest BCUT2D eigenvalue weighted by molar-refractivity contribution is 1.07. The average molecular weight is 537 g/mol. The Labute approximate surface area is 244 Å². The number of hydrogen-bond donors (Lipinski definition) is 0. The molecule has 196 valence electrons. The van der Waals surface area contributed by atoms with Crippen LogP contribution in [0.2, 0.25) is 0 Å². The Kier molecular flexibility index (Phi) is 6.52. The maximum atomic E-state index is 7.25. The van der Waals surface area contributed by atoms with Gasteiger partial charge >= 0.3 is 0 Å². The molecule has 7 rings (SSSR count). The number of aromatic nitrogens is 3. The summed E-state index contributed by atoms with van der Waals surface area (Å²) in [5, 5.41) is 2.32. The lowest BCUT2D eigenvalue weighted by atomic mass is 9.94. The van der Waals surface area contributed by atoms with Crippen molar-refractivity contribution in [2.75, 3.05) is 0 Å². The van der Waals surface area contributed by atoms with Crippen LogP contribution in [0.1, 0.15) is 0 Å². The highest BCUT2D eigenvalue weighted by Gasteiger charge is 2.14. The molecule has 4 nitrogen and oxygen atoms in total. The standard InChI is InChI=1S/C38H24N4/c1-39-33-22-20-26(21-23-33)30-19-18-27-14-9-17-34(35(27)25-30)31-15-8-16-32(24-31)38-41-36(28-10-4-2-5-11-28)40-37(42-38)29-12-6-3-7-13-29/h2-25H. The average Bonchev–Trinajstić information content (AvgIpc) is 3.08. The summed E-state index contributed by atoms with van der Waals surface area (Å²) in [7, 11) is 0. The molecule has 0 bridgehead atoms. The molecule has 7 aromatic rings. The van der Waals surface area contributed by atoms with Gasteiger partial charge in [0.05, 0.1) is 6.57 Å². The second-order valence-electron chi connectivity index (χ2n) is 10.0. The number of rotatable bonds is 5. The van der Waals surface area contributed by atoms with Crippen molar-refractivity contribution in [1.29, 1.82) is 0 Å². The highest BCUT2D eigenvalue weighted by molar-refractivity contribution is 5.99. The quantitative estimate of drug-likeness (QED) is 0.206. The molecular formula is C38H24N4. The van der Waals surface area contributed by atoms with E-state index in [9.17, 15) is 0 Å². The van der Waals surface area contributed by atoms with Gasteiger partial charge in [-0.3, -0.25) is 0 Å². The van der Waals surface area contributed by atoms with Crippen LogP contribution < -0.4 is 0 Å². The van der Waals surface area contributed by atoms with Gasteiger partial charge in [0, 0.05) is 16.7 Å². The van der Waals surface area contributed by atoms with Crippen molar-refractivity contribution >= 4 is 16.5 Å². The summed E-state index contributed by atoms with van der Waals surface area (Å²) in [6, 6.07) is 49.1. The monoisotopic (exact) mass is 536 g/mol. The summed E-state index contributed by atoms with van der Waals surface area (Å²) in [6.45, 7) is 7.25. The van der Waals surface area contributed by atoms with Crippen LogP contribution in [0, 0.1) is 6.57 Å². The number of hydrogen-bond acceptors (Lipinski definition) is 3. The molecule has 0 aliphatic rings. The van der Waals surface area contributed by atoms with E-state index in [1.807, 2.05) is 84.9 Å². The van der Waals surface area contributed by atoms with Crippen molar-refractivity contribution in [2.45, 2.75) is 0 Å². The zero-order chi connectivity index (χ0) is 28.3. The Morgan fingerprint density at radius 1 is 0.405 bits per heavy atom. The van der Waals surface area contributed by atoms with Gasteiger partial charge < -0.3 is 0 Å². The molecule has 0 saturated heterocycles. The molecule has 0 atom stereocenters. The first-order valence-electron chi connectivity index (χ1n) is 13.7. The molecule has 4 heteroatoms. The fourth-order valence-corrected chi connectivity index (χ4v) is 5.20. The van der Waals surface area contributed by atoms with Gasteiger partial charge in [-0.15, -0.1) is 0 Å². The van der Waals surface area contributed by atoms with Crippen LogP contribution in [0.5, 0.6) is 0 Å². The second kappa shape index (κ2) is 10.9. The molecular weight excluding hydrogens is 512 g/mol. The SMILES string of the molecule is [C-]#[N+]c1ccc(-c2ccc3cccc(-c4cccc(-c5nc(-c6ccccc6)nc(-c6ccccc6)n5)c4)c3c2)cc1. The summed E-state index contributed by atoms with van der Waals surface area (Å²) in [4.78, 5) is 18.2. The third-order valence-electron chi connectivity index (χ3n) is 7.34. The van der Waals surface area contributed by atoms with Gasteiger partial charge in [0.1, 0.15) is 0 Å². The molecule has 0 aliphatic carbocycles. The Balaban J connectivity index is 1.35. The van der Waals surface area contributed by atoms with E-state index in [1.54, 1.807) is 0 Å². The van der Waals surface area contributed by atoms with E-state index in [0.29, 0.717) is 23.2 Å². The van der Waals surface area contributed by atoms with E-state index < -0.39 is 0 Å². The summed E-state index contributed by atoms with van der Waals surface area (Å²) in [5.74, 6) is 1.91. The normalized spacial score (nSPS) is 10.8. The van der Waals surface area contributed by atoms with Crippen molar-refractivity contribution in [3.8, 4) is 56.4 Å². The largest absolute Gasteiger partial charge is 0.238 e. The van der Waals surface area contributed by atoms with Crippen LogP contribution in [0.3, 0.4) is 0 Å². The smallest absolute Gasteiger partial charge is 0.187 e. The molecule has 0 aliphatic heterocycles. The first-order chi connectivity index (χ1) is 20.7. The fraction of sp³-hybridized carbons (Fsp3) is 0. The topological polar surface area (TPSA) is 43.0 Å². The highest BCUT2D eigenvalue weighted by Crippen LogP contribution is 2.34. The van der Waals surface area contributed by atoms with Crippen LogP contribution in [0.15, 0.2) is 146 Å². The summed E-state index contributed by atoms with van der Waals surface area (Å²) >= 11 is 0. The first kappa shape index (κ1) is 25.1. The molecule has 42 heavy (non-hydrogen) atoms. The van der Waals surface area contributed by atoms with Crippen LogP contribution >= 0.6 is 0 Å². The zero-order valence-electron chi connectivity index (χ0n) is 22.6. The summed E-state index contributed by atoms with van der Waals surface area (Å²) in [6.07, 6.45) is 0. The van der Waals surface area contributed by atoms with E-state index in [2.05, 4.69) is 65.5 Å². The second-order valence-corrected chi connectivity index (χ2v) is 10.0. The lowest BCUT2D eigenvalue weighted by Crippen LogP contribution is -2.00. The van der Waals surface area contributed by atoms with Crippen molar-refractivity contribution in [3.63, 3.8) is 0 Å². The Hall–Kier alpha value is -5.92. The van der Waals surface area contributed by atoms with Gasteiger partial charge in [-0.1, -0.05) is 133 Å². The van der Waals surface area contributed by atoms with E-state index in [0.717, 1.165) is 49.7 Å². The van der Waals surface area contributed by atoms with Gasteiger partial charge in [0.25, 0.3) is 0 Å². The molecule has 0 amide bonds. The molecule has 1 aromatic heterocycles. The van der Waals surface area contributed by atoms with Crippen LogP contribution in [0.4, 0.5) is 5.69 Å². The number of fused-ring (bicyclic) bond motifs is 1.